The number of rotatable bonds is 3. The first-order valence-corrected chi connectivity index (χ1v) is 6.46. The predicted molar refractivity (Wildman–Crippen MR) is 73.0 cm³/mol. The minimum atomic E-state index is -0.853. The summed E-state index contributed by atoms with van der Waals surface area (Å²) in [7, 11) is 1.73. The van der Waals surface area contributed by atoms with Crippen molar-refractivity contribution in [2.24, 2.45) is 7.05 Å². The van der Waals surface area contributed by atoms with E-state index in [4.69, 9.17) is 23.2 Å². The minimum absolute atomic E-state index is 0.199. The van der Waals surface area contributed by atoms with Crippen LogP contribution in [0.15, 0.2) is 18.2 Å². The van der Waals surface area contributed by atoms with E-state index in [1.165, 1.54) is 18.2 Å². The SMILES string of the molecule is Cc1nn(C)c(Cl)c1CC(O)c1ccc(F)cc1Cl. The molecule has 2 rings (SSSR count). The molecule has 0 radical (unpaired) electrons. The molecule has 0 saturated carbocycles. The van der Waals surface area contributed by atoms with Gasteiger partial charge in [0.1, 0.15) is 11.0 Å². The number of aryl methyl sites for hydroxylation is 2. The number of benzene rings is 1. The fourth-order valence-corrected chi connectivity index (χ4v) is 2.53. The maximum absolute atomic E-state index is 13.0. The van der Waals surface area contributed by atoms with E-state index in [1.807, 2.05) is 6.92 Å². The van der Waals surface area contributed by atoms with Crippen molar-refractivity contribution in [3.63, 3.8) is 0 Å². The summed E-state index contributed by atoms with van der Waals surface area (Å²) >= 11 is 12.0. The molecule has 1 unspecified atom stereocenters. The summed E-state index contributed by atoms with van der Waals surface area (Å²) in [5.74, 6) is -0.434. The maximum Gasteiger partial charge on any atom is 0.130 e. The van der Waals surface area contributed by atoms with Gasteiger partial charge in [-0.1, -0.05) is 29.3 Å². The van der Waals surface area contributed by atoms with Crippen molar-refractivity contribution in [2.45, 2.75) is 19.4 Å². The van der Waals surface area contributed by atoms with Gasteiger partial charge in [0, 0.05) is 24.1 Å². The Morgan fingerprint density at radius 3 is 2.63 bits per heavy atom. The normalized spacial score (nSPS) is 12.7. The zero-order valence-electron chi connectivity index (χ0n) is 10.5. The smallest absolute Gasteiger partial charge is 0.130 e. The first-order valence-electron chi connectivity index (χ1n) is 5.71. The number of hydrogen-bond donors (Lipinski definition) is 1. The molecule has 0 spiro atoms. The summed E-state index contributed by atoms with van der Waals surface area (Å²) in [6, 6.07) is 3.92. The van der Waals surface area contributed by atoms with Crippen molar-refractivity contribution in [3.05, 3.63) is 51.0 Å². The molecule has 1 N–H and O–H groups in total. The molecule has 6 heteroatoms. The van der Waals surface area contributed by atoms with E-state index in [0.717, 1.165) is 11.3 Å². The molecule has 1 aromatic heterocycles. The van der Waals surface area contributed by atoms with Crippen LogP contribution in [-0.4, -0.2) is 14.9 Å². The minimum Gasteiger partial charge on any atom is -0.388 e. The lowest BCUT2D eigenvalue weighted by Gasteiger charge is -2.12. The lowest BCUT2D eigenvalue weighted by Crippen LogP contribution is -2.04. The number of aliphatic hydroxyl groups is 1. The second-order valence-electron chi connectivity index (χ2n) is 4.36. The number of nitrogens with zero attached hydrogens (tertiary/aromatic N) is 2. The molecule has 19 heavy (non-hydrogen) atoms. The van der Waals surface area contributed by atoms with E-state index < -0.39 is 11.9 Å². The lowest BCUT2D eigenvalue weighted by molar-refractivity contribution is 0.178. The quantitative estimate of drug-likeness (QED) is 0.943. The number of hydrogen-bond acceptors (Lipinski definition) is 2. The number of halogens is 3. The van der Waals surface area contributed by atoms with Crippen molar-refractivity contribution in [3.8, 4) is 0 Å². The molecule has 0 aliphatic carbocycles. The van der Waals surface area contributed by atoms with E-state index in [1.54, 1.807) is 11.7 Å². The van der Waals surface area contributed by atoms with Gasteiger partial charge < -0.3 is 5.11 Å². The van der Waals surface area contributed by atoms with Crippen molar-refractivity contribution in [2.75, 3.05) is 0 Å². The van der Waals surface area contributed by atoms with Gasteiger partial charge >= 0.3 is 0 Å². The average molecular weight is 303 g/mol. The monoisotopic (exact) mass is 302 g/mol. The Bertz CT molecular complexity index is 613. The van der Waals surface area contributed by atoms with Crippen molar-refractivity contribution < 1.29 is 9.50 Å². The molecule has 0 aliphatic heterocycles. The Morgan fingerprint density at radius 1 is 1.42 bits per heavy atom. The largest absolute Gasteiger partial charge is 0.388 e. The summed E-state index contributed by atoms with van der Waals surface area (Å²) < 4.78 is 14.5. The number of aromatic nitrogens is 2. The van der Waals surface area contributed by atoms with Gasteiger partial charge in [-0.15, -0.1) is 0 Å². The zero-order chi connectivity index (χ0) is 14.2. The van der Waals surface area contributed by atoms with Crippen LogP contribution in [0.5, 0.6) is 0 Å². The highest BCUT2D eigenvalue weighted by Gasteiger charge is 2.18. The van der Waals surface area contributed by atoms with Crippen LogP contribution in [0.3, 0.4) is 0 Å². The Balaban J connectivity index is 2.28. The Labute approximate surface area is 120 Å². The third-order valence-corrected chi connectivity index (χ3v) is 3.79. The molecule has 0 amide bonds. The van der Waals surface area contributed by atoms with Gasteiger partial charge in [-0.25, -0.2) is 4.39 Å². The molecular formula is C13H13Cl2FN2O. The van der Waals surface area contributed by atoms with Crippen molar-refractivity contribution in [1.82, 2.24) is 9.78 Å². The topological polar surface area (TPSA) is 38.0 Å². The van der Waals surface area contributed by atoms with E-state index >= 15 is 0 Å². The molecule has 0 saturated heterocycles. The predicted octanol–water partition coefficient (Wildman–Crippen LogP) is 3.45. The van der Waals surface area contributed by atoms with Crippen LogP contribution in [0.4, 0.5) is 4.39 Å². The molecule has 1 atom stereocenters. The Kier molecular flexibility index (Phi) is 4.13. The van der Waals surface area contributed by atoms with Gasteiger partial charge in [0.2, 0.25) is 0 Å². The summed E-state index contributed by atoms with van der Waals surface area (Å²) in [4.78, 5) is 0. The Morgan fingerprint density at radius 2 is 2.11 bits per heavy atom. The van der Waals surface area contributed by atoms with Crippen LogP contribution in [0.1, 0.15) is 22.9 Å². The molecule has 1 aromatic carbocycles. The van der Waals surface area contributed by atoms with Gasteiger partial charge in [-0.2, -0.15) is 5.10 Å². The summed E-state index contributed by atoms with van der Waals surface area (Å²) in [6.45, 7) is 1.82. The molecule has 3 nitrogen and oxygen atoms in total. The van der Waals surface area contributed by atoms with Crippen LogP contribution in [-0.2, 0) is 13.5 Å². The molecule has 0 aliphatic rings. The van der Waals surface area contributed by atoms with Gasteiger partial charge in [-0.3, -0.25) is 4.68 Å². The van der Waals surface area contributed by atoms with Gasteiger partial charge in [0.25, 0.3) is 0 Å². The molecule has 0 bridgehead atoms. The van der Waals surface area contributed by atoms with Gasteiger partial charge in [0.15, 0.2) is 0 Å². The van der Waals surface area contributed by atoms with Crippen molar-refractivity contribution >= 4 is 23.2 Å². The van der Waals surface area contributed by atoms with Gasteiger partial charge in [-0.05, 0) is 24.6 Å². The fraction of sp³-hybridized carbons (Fsp3) is 0.308. The van der Waals surface area contributed by atoms with Gasteiger partial charge in [0.05, 0.1) is 11.8 Å². The van der Waals surface area contributed by atoms with Crippen LogP contribution in [0.2, 0.25) is 10.2 Å². The first-order chi connectivity index (χ1) is 8.90. The highest BCUT2D eigenvalue weighted by molar-refractivity contribution is 6.31. The molecule has 2 aromatic rings. The second-order valence-corrected chi connectivity index (χ2v) is 5.13. The zero-order valence-corrected chi connectivity index (χ0v) is 12.0. The van der Waals surface area contributed by atoms with E-state index in [0.29, 0.717) is 10.7 Å². The standard InChI is InChI=1S/C13H13Cl2FN2O/c1-7-10(13(15)18(2)17-7)6-12(19)9-4-3-8(16)5-11(9)14/h3-5,12,19H,6H2,1-2H3. The van der Waals surface area contributed by atoms with Crippen molar-refractivity contribution in [1.29, 1.82) is 0 Å². The third kappa shape index (κ3) is 2.91. The van der Waals surface area contributed by atoms with Crippen LogP contribution in [0, 0.1) is 12.7 Å². The van der Waals surface area contributed by atoms with E-state index in [2.05, 4.69) is 5.10 Å². The van der Waals surface area contributed by atoms with Crippen LogP contribution >= 0.6 is 23.2 Å². The third-order valence-electron chi connectivity index (χ3n) is 2.99. The highest BCUT2D eigenvalue weighted by atomic mass is 35.5. The molecular weight excluding hydrogens is 290 g/mol. The van der Waals surface area contributed by atoms with Crippen LogP contribution in [0.25, 0.3) is 0 Å². The Hall–Kier alpha value is -1.10. The van der Waals surface area contributed by atoms with E-state index in [-0.39, 0.29) is 11.4 Å². The molecule has 102 valence electrons. The summed E-state index contributed by atoms with van der Waals surface area (Å²) in [6.07, 6.45) is -0.572. The summed E-state index contributed by atoms with van der Waals surface area (Å²) in [5, 5.41) is 15.1. The average Bonchev–Trinajstić information content (AvgIpc) is 2.56. The summed E-state index contributed by atoms with van der Waals surface area (Å²) in [5.41, 5.74) is 1.99. The maximum atomic E-state index is 13.0. The second kappa shape index (κ2) is 5.49. The molecule has 1 heterocycles. The van der Waals surface area contributed by atoms with Crippen LogP contribution < -0.4 is 0 Å². The van der Waals surface area contributed by atoms with E-state index in [9.17, 15) is 9.50 Å². The fourth-order valence-electron chi connectivity index (χ4n) is 1.98. The lowest BCUT2D eigenvalue weighted by atomic mass is 10.0. The number of aliphatic hydroxyl groups excluding tert-OH is 1. The highest BCUT2D eigenvalue weighted by Crippen LogP contribution is 2.29. The molecule has 0 fully saturated rings. The first kappa shape index (κ1) is 14.3.